The van der Waals surface area contributed by atoms with Crippen LogP contribution in [0.2, 0.25) is 0 Å². The number of aromatic nitrogens is 2. The van der Waals surface area contributed by atoms with E-state index >= 15 is 0 Å². The number of carbonyl (C=O) groups is 1. The maximum absolute atomic E-state index is 13.3. The monoisotopic (exact) mass is 349 g/mol. The fraction of sp³-hybridized carbons (Fsp3) is 0.529. The van der Waals surface area contributed by atoms with Gasteiger partial charge in [-0.1, -0.05) is 6.07 Å². The number of halogens is 2. The average Bonchev–Trinajstić information content (AvgIpc) is 3.17. The van der Waals surface area contributed by atoms with Gasteiger partial charge in [0, 0.05) is 51.5 Å². The Hall–Kier alpha value is -2.06. The predicted octanol–water partition coefficient (Wildman–Crippen LogP) is 0.976. The van der Waals surface area contributed by atoms with Crippen molar-refractivity contribution in [2.75, 3.05) is 32.7 Å². The van der Waals surface area contributed by atoms with Gasteiger partial charge < -0.3 is 9.30 Å². The van der Waals surface area contributed by atoms with Crippen LogP contribution in [0.15, 0.2) is 30.6 Å². The minimum absolute atomic E-state index is 0.204. The number of alkyl halides is 2. The second kappa shape index (κ2) is 6.34. The smallest absolute Gasteiger partial charge is 0.262 e. The normalized spacial score (nSPS) is 24.1. The van der Waals surface area contributed by atoms with Gasteiger partial charge in [0.25, 0.3) is 5.92 Å². The summed E-state index contributed by atoms with van der Waals surface area (Å²) in [7, 11) is 0. The molecule has 0 radical (unpaired) electrons. The summed E-state index contributed by atoms with van der Waals surface area (Å²) >= 11 is 0. The largest absolute Gasteiger partial charge is 0.339 e. The molecular weight excluding hydrogens is 328 g/mol. The number of hydrogen-bond acceptors (Lipinski definition) is 4. The van der Waals surface area contributed by atoms with Crippen molar-refractivity contribution in [2.24, 2.45) is 0 Å². The van der Waals surface area contributed by atoms with Crippen LogP contribution in [0, 0.1) is 0 Å². The number of amides is 1. The van der Waals surface area contributed by atoms with E-state index in [-0.39, 0.29) is 5.91 Å². The topological polar surface area (TPSA) is 52.9 Å². The van der Waals surface area contributed by atoms with E-state index in [0.29, 0.717) is 13.1 Å². The number of imidazole rings is 1. The van der Waals surface area contributed by atoms with E-state index in [1.54, 1.807) is 4.90 Å². The Labute approximate surface area is 144 Å². The first-order valence-electron chi connectivity index (χ1n) is 8.55. The summed E-state index contributed by atoms with van der Waals surface area (Å²) in [5.41, 5.74) is 1.91. The molecule has 2 fully saturated rings. The summed E-state index contributed by atoms with van der Waals surface area (Å²) in [6.45, 7) is 2.90. The van der Waals surface area contributed by atoms with Crippen LogP contribution < -0.4 is 5.32 Å². The molecule has 25 heavy (non-hydrogen) atoms. The van der Waals surface area contributed by atoms with Gasteiger partial charge >= 0.3 is 0 Å². The van der Waals surface area contributed by atoms with Crippen molar-refractivity contribution in [3.8, 4) is 0 Å². The van der Waals surface area contributed by atoms with Crippen LogP contribution in [0.3, 0.4) is 0 Å². The number of nitrogens with zero attached hydrogens (tertiary/aromatic N) is 4. The van der Waals surface area contributed by atoms with Gasteiger partial charge in [0.05, 0.1) is 18.3 Å². The molecule has 1 amide bonds. The molecule has 4 rings (SSSR count). The zero-order valence-corrected chi connectivity index (χ0v) is 13.9. The van der Waals surface area contributed by atoms with Crippen molar-refractivity contribution in [1.82, 2.24) is 24.5 Å². The predicted molar refractivity (Wildman–Crippen MR) is 88.4 cm³/mol. The summed E-state index contributed by atoms with van der Waals surface area (Å²) in [5, 5.41) is 2.64. The van der Waals surface area contributed by atoms with Gasteiger partial charge in [-0.05, 0) is 12.1 Å². The average molecular weight is 349 g/mol. The van der Waals surface area contributed by atoms with E-state index in [1.165, 1.54) is 0 Å². The summed E-state index contributed by atoms with van der Waals surface area (Å²) in [5.74, 6) is -2.98. The number of rotatable bonds is 3. The Morgan fingerprint density at radius 2 is 2.08 bits per heavy atom. The van der Waals surface area contributed by atoms with E-state index in [2.05, 4.69) is 15.2 Å². The van der Waals surface area contributed by atoms with Crippen LogP contribution in [0.4, 0.5) is 8.78 Å². The van der Waals surface area contributed by atoms with Gasteiger partial charge in [0.1, 0.15) is 5.65 Å². The molecule has 2 aliphatic rings. The molecule has 8 heteroatoms. The van der Waals surface area contributed by atoms with Crippen LogP contribution in [0.1, 0.15) is 12.1 Å². The number of carbonyl (C=O) groups excluding carboxylic acids is 1. The van der Waals surface area contributed by atoms with Gasteiger partial charge in [-0.3, -0.25) is 15.0 Å². The SMILES string of the molecule is O=C(C1CC(F)(F)CN1)N1CCN(Cc2cn3ccccc3n2)CC1. The van der Waals surface area contributed by atoms with Gasteiger partial charge in [0.15, 0.2) is 0 Å². The van der Waals surface area contributed by atoms with Crippen molar-refractivity contribution in [2.45, 2.75) is 24.9 Å². The number of fused-ring (bicyclic) bond motifs is 1. The quantitative estimate of drug-likeness (QED) is 0.897. The van der Waals surface area contributed by atoms with Crippen molar-refractivity contribution in [3.05, 3.63) is 36.3 Å². The lowest BCUT2D eigenvalue weighted by Crippen LogP contribution is -2.52. The van der Waals surface area contributed by atoms with Gasteiger partial charge in [-0.15, -0.1) is 0 Å². The fourth-order valence-electron chi connectivity index (χ4n) is 3.53. The van der Waals surface area contributed by atoms with Crippen molar-refractivity contribution in [3.63, 3.8) is 0 Å². The van der Waals surface area contributed by atoms with Crippen LogP contribution in [0.25, 0.3) is 5.65 Å². The Kier molecular flexibility index (Phi) is 4.16. The lowest BCUT2D eigenvalue weighted by molar-refractivity contribution is -0.135. The van der Waals surface area contributed by atoms with E-state index in [1.807, 2.05) is 35.0 Å². The molecule has 0 aromatic carbocycles. The molecule has 1 unspecified atom stereocenters. The number of hydrogen-bond donors (Lipinski definition) is 1. The number of piperazine rings is 1. The first-order valence-corrected chi connectivity index (χ1v) is 8.55. The Morgan fingerprint density at radius 3 is 2.76 bits per heavy atom. The molecule has 2 aromatic rings. The van der Waals surface area contributed by atoms with E-state index in [4.69, 9.17) is 0 Å². The fourth-order valence-corrected chi connectivity index (χ4v) is 3.53. The molecule has 1 N–H and O–H groups in total. The van der Waals surface area contributed by atoms with Crippen LogP contribution >= 0.6 is 0 Å². The third-order valence-electron chi connectivity index (χ3n) is 4.89. The van der Waals surface area contributed by atoms with Gasteiger partial charge in [-0.25, -0.2) is 13.8 Å². The standard InChI is InChI=1S/C17H21F2N5O/c18-17(19)9-14(20-12-17)16(25)23-7-5-22(6-8-23)10-13-11-24-4-2-1-3-15(24)21-13/h1-4,11,14,20H,5-10,12H2. The summed E-state index contributed by atoms with van der Waals surface area (Å²) < 4.78 is 28.5. The van der Waals surface area contributed by atoms with Crippen molar-refractivity contribution >= 4 is 11.6 Å². The summed E-state index contributed by atoms with van der Waals surface area (Å²) in [6.07, 6.45) is 3.58. The van der Waals surface area contributed by atoms with Crippen LogP contribution in [0.5, 0.6) is 0 Å². The molecule has 134 valence electrons. The van der Waals surface area contributed by atoms with Crippen LogP contribution in [-0.2, 0) is 11.3 Å². The molecule has 0 aliphatic carbocycles. The van der Waals surface area contributed by atoms with Crippen LogP contribution in [-0.4, -0.2) is 69.8 Å². The van der Waals surface area contributed by atoms with Crippen molar-refractivity contribution in [1.29, 1.82) is 0 Å². The summed E-state index contributed by atoms with van der Waals surface area (Å²) in [6, 6.07) is 5.13. The molecule has 4 heterocycles. The highest BCUT2D eigenvalue weighted by molar-refractivity contribution is 5.82. The Balaban J connectivity index is 1.31. The molecule has 2 saturated heterocycles. The van der Waals surface area contributed by atoms with Crippen molar-refractivity contribution < 1.29 is 13.6 Å². The highest BCUT2D eigenvalue weighted by atomic mass is 19.3. The highest BCUT2D eigenvalue weighted by Gasteiger charge is 2.43. The lowest BCUT2D eigenvalue weighted by atomic mass is 10.1. The lowest BCUT2D eigenvalue weighted by Gasteiger charge is -2.35. The first kappa shape index (κ1) is 16.4. The molecular formula is C17H21F2N5O. The van der Waals surface area contributed by atoms with E-state index in [0.717, 1.165) is 31.0 Å². The molecule has 2 aliphatic heterocycles. The van der Waals surface area contributed by atoms with E-state index < -0.39 is 24.9 Å². The number of nitrogens with one attached hydrogen (secondary N) is 1. The second-order valence-electron chi connectivity index (χ2n) is 6.79. The maximum Gasteiger partial charge on any atom is 0.262 e. The zero-order valence-electron chi connectivity index (χ0n) is 13.9. The number of pyridine rings is 1. The molecule has 6 nitrogen and oxygen atoms in total. The molecule has 0 spiro atoms. The minimum atomic E-state index is -2.77. The molecule has 2 aromatic heterocycles. The molecule has 1 atom stereocenters. The second-order valence-corrected chi connectivity index (χ2v) is 6.79. The zero-order chi connectivity index (χ0) is 17.4. The van der Waals surface area contributed by atoms with Gasteiger partial charge in [0.2, 0.25) is 5.91 Å². The highest BCUT2D eigenvalue weighted by Crippen LogP contribution is 2.26. The minimum Gasteiger partial charge on any atom is -0.339 e. The molecule has 0 saturated carbocycles. The Bertz CT molecular complexity index is 736. The third kappa shape index (κ3) is 3.50. The van der Waals surface area contributed by atoms with Gasteiger partial charge in [-0.2, -0.15) is 0 Å². The molecule has 0 bridgehead atoms. The maximum atomic E-state index is 13.3. The Morgan fingerprint density at radius 1 is 1.28 bits per heavy atom. The summed E-state index contributed by atoms with van der Waals surface area (Å²) in [4.78, 5) is 20.9. The first-order chi connectivity index (χ1) is 12.0. The third-order valence-corrected chi connectivity index (χ3v) is 4.89. The van der Waals surface area contributed by atoms with E-state index in [9.17, 15) is 13.6 Å².